The molecule has 1 aromatic carbocycles. The van der Waals surface area contributed by atoms with Crippen LogP contribution in [0.15, 0.2) is 12.1 Å². The van der Waals surface area contributed by atoms with Crippen LogP contribution in [0.5, 0.6) is 17.2 Å². The van der Waals surface area contributed by atoms with Gasteiger partial charge < -0.3 is 30.0 Å². The second-order valence-electron chi connectivity index (χ2n) is 5.89. The van der Waals surface area contributed by atoms with E-state index in [0.29, 0.717) is 30.3 Å². The lowest BCUT2D eigenvalue weighted by Gasteiger charge is -2.26. The molecule has 3 rings (SSSR count). The average molecular weight is 395 g/mol. The molecule has 2 heterocycles. The summed E-state index contributed by atoms with van der Waals surface area (Å²) < 4.78 is 45.4. The van der Waals surface area contributed by atoms with Crippen LogP contribution in [0.25, 0.3) is 0 Å². The number of halogens is 3. The normalized spacial score (nSPS) is 17.5. The fraction of sp³-hybridized carbons (Fsp3) is 0.562. The van der Waals surface area contributed by atoms with Gasteiger partial charge in [-0.15, -0.1) is 12.4 Å². The van der Waals surface area contributed by atoms with Gasteiger partial charge in [0.15, 0.2) is 11.5 Å². The van der Waals surface area contributed by atoms with Gasteiger partial charge in [0.1, 0.15) is 5.75 Å². The highest BCUT2D eigenvalue weighted by Gasteiger charge is 2.27. The molecule has 0 spiro atoms. The largest absolute Gasteiger partial charge is 0.454 e. The Bertz CT molecular complexity index is 629. The zero-order chi connectivity index (χ0) is 17.8. The molecular formula is C16H21ClF2N2O5. The number of nitrogens with one attached hydrogen (secondary N) is 1. The molecule has 26 heavy (non-hydrogen) atoms. The van der Waals surface area contributed by atoms with Crippen LogP contribution in [0, 0.1) is 5.92 Å². The molecule has 146 valence electrons. The van der Waals surface area contributed by atoms with Gasteiger partial charge in [-0.2, -0.15) is 8.78 Å². The second-order valence-corrected chi connectivity index (χ2v) is 5.89. The van der Waals surface area contributed by atoms with E-state index in [2.05, 4.69) is 10.1 Å². The summed E-state index contributed by atoms with van der Waals surface area (Å²) in [6.07, 6.45) is 1.44. The van der Waals surface area contributed by atoms with E-state index < -0.39 is 12.7 Å². The highest BCUT2D eigenvalue weighted by atomic mass is 35.5. The quantitative estimate of drug-likeness (QED) is 0.764. The number of carbonyl (C=O) groups is 1. The lowest BCUT2D eigenvalue weighted by Crippen LogP contribution is -2.46. The zero-order valence-corrected chi connectivity index (χ0v) is 14.7. The van der Waals surface area contributed by atoms with Gasteiger partial charge in [0, 0.05) is 31.4 Å². The van der Waals surface area contributed by atoms with Gasteiger partial charge in [0.2, 0.25) is 12.7 Å². The fourth-order valence-corrected chi connectivity index (χ4v) is 2.90. The van der Waals surface area contributed by atoms with E-state index in [9.17, 15) is 13.6 Å². The first-order valence-electron chi connectivity index (χ1n) is 8.03. The topological polar surface area (TPSA) is 92.0 Å². The number of rotatable bonds is 6. The molecule has 7 nitrogen and oxygen atoms in total. The first-order valence-corrected chi connectivity index (χ1v) is 8.03. The second kappa shape index (κ2) is 9.20. The van der Waals surface area contributed by atoms with Crippen LogP contribution < -0.4 is 25.3 Å². The molecular weight excluding hydrogens is 374 g/mol. The molecule has 10 heteroatoms. The molecule has 1 saturated heterocycles. The number of nitrogens with two attached hydrogens (primary N) is 1. The van der Waals surface area contributed by atoms with Crippen molar-refractivity contribution in [2.75, 3.05) is 20.0 Å². The standard InChI is InChI=1S/C16H20F2N2O5.ClH/c17-16(18)25-11-6-13-12(23-8-24-13)5-10(11)7-20-15(21)14(19)9-1-3-22-4-2-9;/h5-6,9,14,16H,1-4,7-8,19H2,(H,20,21);1H. The molecule has 1 amide bonds. The lowest BCUT2D eigenvalue weighted by molar-refractivity contribution is -0.124. The van der Waals surface area contributed by atoms with Crippen molar-refractivity contribution in [1.82, 2.24) is 5.32 Å². The number of fused-ring (bicyclic) bond motifs is 1. The molecule has 0 aromatic heterocycles. The summed E-state index contributed by atoms with van der Waals surface area (Å²) in [5.41, 5.74) is 6.36. The number of ether oxygens (including phenoxy) is 4. The van der Waals surface area contributed by atoms with Gasteiger partial charge in [0.05, 0.1) is 6.04 Å². The highest BCUT2D eigenvalue weighted by molar-refractivity contribution is 5.85. The predicted molar refractivity (Wildman–Crippen MR) is 89.8 cm³/mol. The number of alkyl halides is 2. The summed E-state index contributed by atoms with van der Waals surface area (Å²) in [4.78, 5) is 12.3. The van der Waals surface area contributed by atoms with Crippen molar-refractivity contribution in [3.05, 3.63) is 17.7 Å². The van der Waals surface area contributed by atoms with Gasteiger partial charge in [-0.25, -0.2) is 0 Å². The summed E-state index contributed by atoms with van der Waals surface area (Å²) in [7, 11) is 0. The molecule has 1 aromatic rings. The maximum Gasteiger partial charge on any atom is 0.387 e. The molecule has 0 saturated carbocycles. The number of benzene rings is 1. The van der Waals surface area contributed by atoms with Crippen molar-refractivity contribution in [2.24, 2.45) is 11.7 Å². The van der Waals surface area contributed by atoms with Crippen LogP contribution in [0.3, 0.4) is 0 Å². The SMILES string of the molecule is Cl.NC(C(=O)NCc1cc2c(cc1OC(F)F)OCO2)C1CCOCC1. The molecule has 2 aliphatic heterocycles. The van der Waals surface area contributed by atoms with Crippen LogP contribution >= 0.6 is 12.4 Å². The number of hydrogen-bond donors (Lipinski definition) is 2. The Hall–Kier alpha value is -1.84. The van der Waals surface area contributed by atoms with E-state index in [1.54, 1.807) is 0 Å². The Morgan fingerprint density at radius 1 is 1.27 bits per heavy atom. The van der Waals surface area contributed by atoms with Crippen molar-refractivity contribution in [3.63, 3.8) is 0 Å². The van der Waals surface area contributed by atoms with Gasteiger partial charge in [-0.05, 0) is 24.8 Å². The smallest absolute Gasteiger partial charge is 0.387 e. The minimum atomic E-state index is -2.99. The first kappa shape index (κ1) is 20.5. The first-order chi connectivity index (χ1) is 12.0. The minimum absolute atomic E-state index is 0. The highest BCUT2D eigenvalue weighted by Crippen LogP contribution is 2.38. The fourth-order valence-electron chi connectivity index (χ4n) is 2.90. The molecule has 1 fully saturated rings. The Morgan fingerprint density at radius 2 is 1.92 bits per heavy atom. The summed E-state index contributed by atoms with van der Waals surface area (Å²) in [6, 6.07) is 2.17. The molecule has 1 atom stereocenters. The Morgan fingerprint density at radius 3 is 2.58 bits per heavy atom. The van der Waals surface area contributed by atoms with Crippen LogP contribution in [-0.2, 0) is 16.1 Å². The maximum atomic E-state index is 12.6. The van der Waals surface area contributed by atoms with Crippen molar-refractivity contribution >= 4 is 18.3 Å². The van der Waals surface area contributed by atoms with E-state index >= 15 is 0 Å². The summed E-state index contributed by atoms with van der Waals surface area (Å²) in [5, 5.41) is 2.67. The lowest BCUT2D eigenvalue weighted by atomic mass is 9.92. The number of carbonyl (C=O) groups excluding carboxylic acids is 1. The Balaban J connectivity index is 0.00000243. The minimum Gasteiger partial charge on any atom is -0.454 e. The molecule has 0 bridgehead atoms. The third-order valence-electron chi connectivity index (χ3n) is 4.30. The third kappa shape index (κ3) is 4.87. The van der Waals surface area contributed by atoms with Crippen molar-refractivity contribution in [2.45, 2.75) is 32.0 Å². The molecule has 0 radical (unpaired) electrons. The monoisotopic (exact) mass is 394 g/mol. The third-order valence-corrected chi connectivity index (χ3v) is 4.30. The zero-order valence-electron chi connectivity index (χ0n) is 13.9. The molecule has 0 aliphatic carbocycles. The van der Waals surface area contributed by atoms with Crippen molar-refractivity contribution in [3.8, 4) is 17.2 Å². The van der Waals surface area contributed by atoms with Gasteiger partial charge >= 0.3 is 6.61 Å². The van der Waals surface area contributed by atoms with Crippen LogP contribution in [0.4, 0.5) is 8.78 Å². The van der Waals surface area contributed by atoms with Crippen LogP contribution in [-0.4, -0.2) is 38.6 Å². The van der Waals surface area contributed by atoms with Gasteiger partial charge in [-0.3, -0.25) is 4.79 Å². The summed E-state index contributed by atoms with van der Waals surface area (Å²) >= 11 is 0. The van der Waals surface area contributed by atoms with E-state index in [0.717, 1.165) is 12.8 Å². The Labute approximate surface area is 155 Å². The van der Waals surface area contributed by atoms with E-state index in [1.165, 1.54) is 12.1 Å². The maximum absolute atomic E-state index is 12.6. The molecule has 1 unspecified atom stereocenters. The molecule has 3 N–H and O–H groups in total. The van der Waals surface area contributed by atoms with Crippen LogP contribution in [0.1, 0.15) is 18.4 Å². The summed E-state index contributed by atoms with van der Waals surface area (Å²) in [6.45, 7) is -1.82. The molecule has 2 aliphatic rings. The van der Waals surface area contributed by atoms with E-state index in [1.807, 2.05) is 0 Å². The van der Waals surface area contributed by atoms with Gasteiger partial charge in [0.25, 0.3) is 0 Å². The van der Waals surface area contributed by atoms with Crippen molar-refractivity contribution in [1.29, 1.82) is 0 Å². The number of hydrogen-bond acceptors (Lipinski definition) is 6. The predicted octanol–water partition coefficient (Wildman–Crippen LogP) is 1.81. The van der Waals surface area contributed by atoms with Crippen molar-refractivity contribution < 1.29 is 32.5 Å². The number of amides is 1. The van der Waals surface area contributed by atoms with E-state index in [4.69, 9.17) is 19.9 Å². The summed E-state index contributed by atoms with van der Waals surface area (Å²) in [5.74, 6) is 0.373. The van der Waals surface area contributed by atoms with Gasteiger partial charge in [-0.1, -0.05) is 0 Å². The van der Waals surface area contributed by atoms with Crippen LogP contribution in [0.2, 0.25) is 0 Å². The Kier molecular flexibility index (Phi) is 7.24. The van der Waals surface area contributed by atoms with E-state index in [-0.39, 0.29) is 43.3 Å². The average Bonchev–Trinajstić information content (AvgIpc) is 3.06.